The first-order chi connectivity index (χ1) is 17.0. The number of hydrogen-bond acceptors (Lipinski definition) is 7. The molecule has 1 heterocycles. The minimum absolute atomic E-state index is 0.101. The number of amides is 1. The molecule has 1 N–H and O–H groups in total. The number of benzene rings is 3. The highest BCUT2D eigenvalue weighted by atomic mass is 35.5. The number of carboxylic acids is 1. The molecule has 4 rings (SSSR count). The van der Waals surface area contributed by atoms with Gasteiger partial charge in [-0.2, -0.15) is 5.10 Å². The van der Waals surface area contributed by atoms with Gasteiger partial charge in [0, 0.05) is 10.6 Å². The van der Waals surface area contributed by atoms with Crippen LogP contribution in [0, 0.1) is 0 Å². The number of nitrogens with zero attached hydrogens (tertiary/aromatic N) is 3. The molecule has 0 fully saturated rings. The number of hydrogen-bond donors (Lipinski definition) is 1. The summed E-state index contributed by atoms with van der Waals surface area (Å²) in [6.07, 6.45) is 1.39. The second-order valence-electron chi connectivity index (χ2n) is 7.38. The molecule has 0 bridgehead atoms. The standard InChI is InChI=1S/C25H21ClN4O4S/c26-19-11-9-17(10-12-19)14-30-21-7-3-2-6-20(21)28-25(30)35-16-23(31)29-27-13-18-5-1-4-8-22(18)34-15-24(32)33/h1-13H,14-16H2,(H,29,31)(H,32,33)/p-1. The number of carbonyl (C=O) groups excluding carboxylic acids is 2. The smallest absolute Gasteiger partial charge is 0.250 e. The molecule has 4 aromatic rings. The number of imidazole rings is 1. The van der Waals surface area contributed by atoms with E-state index in [1.807, 2.05) is 48.5 Å². The molecule has 1 aromatic heterocycles. The van der Waals surface area contributed by atoms with Crippen molar-refractivity contribution in [1.29, 1.82) is 0 Å². The summed E-state index contributed by atoms with van der Waals surface area (Å²) in [5, 5.41) is 16.0. The predicted molar refractivity (Wildman–Crippen MR) is 134 cm³/mol. The van der Waals surface area contributed by atoms with Gasteiger partial charge < -0.3 is 19.2 Å². The van der Waals surface area contributed by atoms with Gasteiger partial charge in [0.2, 0.25) is 0 Å². The van der Waals surface area contributed by atoms with Crippen molar-refractivity contribution in [3.8, 4) is 5.75 Å². The van der Waals surface area contributed by atoms with Gasteiger partial charge in [-0.25, -0.2) is 10.4 Å². The highest BCUT2D eigenvalue weighted by Gasteiger charge is 2.13. The van der Waals surface area contributed by atoms with Gasteiger partial charge in [0.1, 0.15) is 12.4 Å². The second-order valence-corrected chi connectivity index (χ2v) is 8.76. The largest absolute Gasteiger partial charge is 0.546 e. The maximum Gasteiger partial charge on any atom is 0.250 e. The van der Waals surface area contributed by atoms with Crippen molar-refractivity contribution in [2.45, 2.75) is 11.7 Å². The molecule has 0 radical (unpaired) electrons. The molecule has 0 aliphatic heterocycles. The molecule has 3 aromatic carbocycles. The van der Waals surface area contributed by atoms with Crippen LogP contribution in [0.15, 0.2) is 83.1 Å². The molecule has 10 heteroatoms. The van der Waals surface area contributed by atoms with Crippen LogP contribution in [0.1, 0.15) is 11.1 Å². The van der Waals surface area contributed by atoms with Crippen LogP contribution in [0.4, 0.5) is 0 Å². The predicted octanol–water partition coefficient (Wildman–Crippen LogP) is 3.11. The third kappa shape index (κ3) is 6.62. The van der Waals surface area contributed by atoms with Gasteiger partial charge >= 0.3 is 0 Å². The van der Waals surface area contributed by atoms with Gasteiger partial charge in [-0.15, -0.1) is 0 Å². The van der Waals surface area contributed by atoms with Crippen molar-refractivity contribution in [1.82, 2.24) is 15.0 Å². The number of hydrazone groups is 1. The Morgan fingerprint density at radius 1 is 1.09 bits per heavy atom. The zero-order valence-electron chi connectivity index (χ0n) is 18.4. The van der Waals surface area contributed by atoms with Gasteiger partial charge in [0.05, 0.1) is 35.5 Å². The first-order valence-electron chi connectivity index (χ1n) is 10.6. The SMILES string of the molecule is O=C([O-])COc1ccccc1C=NNC(=O)CSc1nc2ccccc2n1Cc1ccc(Cl)cc1. The van der Waals surface area contributed by atoms with Crippen LogP contribution in [0.2, 0.25) is 5.02 Å². The van der Waals surface area contributed by atoms with Crippen molar-refractivity contribution in [2.75, 3.05) is 12.4 Å². The number of carbonyl (C=O) groups is 2. The molecule has 0 saturated carbocycles. The Balaban J connectivity index is 1.41. The van der Waals surface area contributed by atoms with Crippen molar-refractivity contribution in [3.05, 3.63) is 88.9 Å². The molecule has 178 valence electrons. The Kier molecular flexibility index (Phi) is 8.02. The number of nitrogens with one attached hydrogen (secondary N) is 1. The number of ether oxygens (including phenoxy) is 1. The monoisotopic (exact) mass is 507 g/mol. The number of aliphatic carboxylic acids is 1. The number of thioether (sulfide) groups is 1. The average molecular weight is 508 g/mol. The average Bonchev–Trinajstić information content (AvgIpc) is 3.20. The topological polar surface area (TPSA) is 109 Å². The van der Waals surface area contributed by atoms with Crippen molar-refractivity contribution >= 4 is 52.5 Å². The third-order valence-corrected chi connectivity index (χ3v) is 6.09. The maximum atomic E-state index is 12.4. The summed E-state index contributed by atoms with van der Waals surface area (Å²) in [5.74, 6) is -1.22. The van der Waals surface area contributed by atoms with Crippen LogP contribution in [-0.2, 0) is 16.1 Å². The highest BCUT2D eigenvalue weighted by molar-refractivity contribution is 7.99. The first kappa shape index (κ1) is 24.3. The summed E-state index contributed by atoms with van der Waals surface area (Å²) in [5.41, 5.74) is 5.87. The molecule has 35 heavy (non-hydrogen) atoms. The minimum Gasteiger partial charge on any atom is -0.546 e. The number of fused-ring (bicyclic) bond motifs is 1. The van der Waals surface area contributed by atoms with E-state index >= 15 is 0 Å². The number of aromatic nitrogens is 2. The fourth-order valence-corrected chi connectivity index (χ4v) is 4.21. The molecule has 1 amide bonds. The Labute approximate surface area is 210 Å². The zero-order valence-corrected chi connectivity index (χ0v) is 20.0. The Hall–Kier alpha value is -3.82. The molecular weight excluding hydrogens is 488 g/mol. The van der Waals surface area contributed by atoms with Crippen LogP contribution in [0.25, 0.3) is 11.0 Å². The summed E-state index contributed by atoms with van der Waals surface area (Å²) in [7, 11) is 0. The summed E-state index contributed by atoms with van der Waals surface area (Å²) in [6.45, 7) is 0.00725. The van der Waals surface area contributed by atoms with E-state index in [4.69, 9.17) is 16.3 Å². The summed E-state index contributed by atoms with van der Waals surface area (Å²) >= 11 is 7.32. The van der Waals surface area contributed by atoms with E-state index in [2.05, 4.69) is 20.1 Å². The molecule has 8 nitrogen and oxygen atoms in total. The van der Waals surface area contributed by atoms with Crippen LogP contribution in [0.5, 0.6) is 5.75 Å². The third-order valence-electron chi connectivity index (χ3n) is 4.86. The molecule has 0 saturated heterocycles. The van der Waals surface area contributed by atoms with Crippen molar-refractivity contribution in [2.24, 2.45) is 5.10 Å². The Morgan fingerprint density at radius 2 is 1.83 bits per heavy atom. The molecule has 0 aliphatic carbocycles. The summed E-state index contributed by atoms with van der Waals surface area (Å²) < 4.78 is 7.23. The lowest BCUT2D eigenvalue weighted by Gasteiger charge is -2.09. The molecule has 0 spiro atoms. The number of para-hydroxylation sites is 3. The van der Waals surface area contributed by atoms with Gasteiger partial charge in [0.15, 0.2) is 5.16 Å². The van der Waals surface area contributed by atoms with E-state index in [1.165, 1.54) is 18.0 Å². The van der Waals surface area contributed by atoms with Crippen LogP contribution in [-0.4, -0.2) is 40.0 Å². The fourth-order valence-electron chi connectivity index (χ4n) is 3.28. The van der Waals surface area contributed by atoms with Gasteiger partial charge in [-0.05, 0) is 42.0 Å². The summed E-state index contributed by atoms with van der Waals surface area (Å²) in [6, 6.07) is 22.1. The number of carboxylic acid groups (broad SMARTS) is 1. The van der Waals surface area contributed by atoms with Gasteiger partial charge in [-0.3, -0.25) is 4.79 Å². The van der Waals surface area contributed by atoms with E-state index in [-0.39, 0.29) is 11.7 Å². The quantitative estimate of drug-likeness (QED) is 0.201. The van der Waals surface area contributed by atoms with E-state index in [9.17, 15) is 14.7 Å². The van der Waals surface area contributed by atoms with E-state index in [1.54, 1.807) is 24.3 Å². The summed E-state index contributed by atoms with van der Waals surface area (Å²) in [4.78, 5) is 27.7. The van der Waals surface area contributed by atoms with Crippen LogP contribution in [0.3, 0.4) is 0 Å². The van der Waals surface area contributed by atoms with Crippen molar-refractivity contribution < 1.29 is 19.4 Å². The lowest BCUT2D eigenvalue weighted by Crippen LogP contribution is -2.29. The molecule has 0 atom stereocenters. The lowest BCUT2D eigenvalue weighted by atomic mass is 10.2. The van der Waals surface area contributed by atoms with Gasteiger partial charge in [0.25, 0.3) is 5.91 Å². The van der Waals surface area contributed by atoms with Crippen molar-refractivity contribution in [3.63, 3.8) is 0 Å². The van der Waals surface area contributed by atoms with Crippen LogP contribution < -0.4 is 15.3 Å². The zero-order chi connectivity index (χ0) is 24.6. The molecule has 0 unspecified atom stereocenters. The minimum atomic E-state index is -1.33. The van der Waals surface area contributed by atoms with E-state index < -0.39 is 12.6 Å². The van der Waals surface area contributed by atoms with Crippen LogP contribution >= 0.6 is 23.4 Å². The maximum absolute atomic E-state index is 12.4. The van der Waals surface area contributed by atoms with E-state index in [0.717, 1.165) is 16.6 Å². The highest BCUT2D eigenvalue weighted by Crippen LogP contribution is 2.25. The first-order valence-corrected chi connectivity index (χ1v) is 11.9. The number of rotatable bonds is 10. The van der Waals surface area contributed by atoms with Gasteiger partial charge in [-0.1, -0.05) is 59.8 Å². The normalized spacial score (nSPS) is 11.1. The lowest BCUT2D eigenvalue weighted by molar-refractivity contribution is -0.307. The molecular formula is C25H20ClN4O4S-. The Bertz CT molecular complexity index is 1370. The fraction of sp³-hybridized carbons (Fsp3) is 0.120. The number of halogens is 1. The molecule has 0 aliphatic rings. The Morgan fingerprint density at radius 3 is 2.63 bits per heavy atom. The van der Waals surface area contributed by atoms with E-state index in [0.29, 0.717) is 28.0 Å². The second kappa shape index (κ2) is 11.5.